The standard InChI is InChI=1S/C17H24BrNO4/c1-17(2,3)23-16(20)19-8-6-7-13(19)11-9-14(21-4)15(22-5)10-12(11)18/h9-10,13H,6-8H2,1-5H3. The van der Waals surface area contributed by atoms with Crippen LogP contribution in [0.2, 0.25) is 0 Å². The van der Waals surface area contributed by atoms with Gasteiger partial charge >= 0.3 is 6.09 Å². The van der Waals surface area contributed by atoms with Crippen LogP contribution in [0.4, 0.5) is 4.79 Å². The van der Waals surface area contributed by atoms with Crippen molar-refractivity contribution in [3.8, 4) is 11.5 Å². The van der Waals surface area contributed by atoms with E-state index in [-0.39, 0.29) is 12.1 Å². The van der Waals surface area contributed by atoms with Crippen LogP contribution in [0.1, 0.15) is 45.2 Å². The summed E-state index contributed by atoms with van der Waals surface area (Å²) in [7, 11) is 3.21. The SMILES string of the molecule is COc1cc(Br)c(C2CCCN2C(=O)OC(C)(C)C)cc1OC. The second kappa shape index (κ2) is 6.99. The normalized spacial score (nSPS) is 18.0. The van der Waals surface area contributed by atoms with Crippen molar-refractivity contribution >= 4 is 22.0 Å². The molecule has 6 heteroatoms. The maximum Gasteiger partial charge on any atom is 0.410 e. The molecule has 1 unspecified atom stereocenters. The first-order valence-corrected chi connectivity index (χ1v) is 8.47. The van der Waals surface area contributed by atoms with E-state index in [0.29, 0.717) is 18.0 Å². The predicted octanol–water partition coefficient (Wildman–Crippen LogP) is 4.54. The van der Waals surface area contributed by atoms with Crippen LogP contribution in [0.25, 0.3) is 0 Å². The first kappa shape index (κ1) is 17.9. The van der Waals surface area contributed by atoms with E-state index in [1.54, 1.807) is 19.1 Å². The molecule has 1 fully saturated rings. The average molecular weight is 386 g/mol. The molecular weight excluding hydrogens is 362 g/mol. The number of carbonyl (C=O) groups excluding carboxylic acids is 1. The second-order valence-corrected chi connectivity index (χ2v) is 7.41. The number of ether oxygens (including phenoxy) is 3. The van der Waals surface area contributed by atoms with Crippen LogP contribution in [0.15, 0.2) is 16.6 Å². The minimum absolute atomic E-state index is 0.0287. The fourth-order valence-corrected chi connectivity index (χ4v) is 3.34. The lowest BCUT2D eigenvalue weighted by Gasteiger charge is -2.29. The minimum atomic E-state index is -0.501. The van der Waals surface area contributed by atoms with Crippen molar-refractivity contribution < 1.29 is 19.0 Å². The third kappa shape index (κ3) is 4.10. The van der Waals surface area contributed by atoms with Gasteiger partial charge in [-0.15, -0.1) is 0 Å². The summed E-state index contributed by atoms with van der Waals surface area (Å²) in [6.45, 7) is 6.33. The molecule has 1 heterocycles. The largest absolute Gasteiger partial charge is 0.493 e. The lowest BCUT2D eigenvalue weighted by atomic mass is 10.0. The maximum absolute atomic E-state index is 12.5. The van der Waals surface area contributed by atoms with Crippen LogP contribution in [0.5, 0.6) is 11.5 Å². The summed E-state index contributed by atoms with van der Waals surface area (Å²) >= 11 is 3.59. The molecule has 1 aliphatic heterocycles. The summed E-state index contributed by atoms with van der Waals surface area (Å²) in [6, 6.07) is 3.77. The van der Waals surface area contributed by atoms with E-state index in [4.69, 9.17) is 14.2 Å². The quantitative estimate of drug-likeness (QED) is 0.766. The number of amides is 1. The summed E-state index contributed by atoms with van der Waals surface area (Å²) in [5, 5.41) is 0. The van der Waals surface area contributed by atoms with Gasteiger partial charge in [-0.2, -0.15) is 0 Å². The summed E-state index contributed by atoms with van der Waals surface area (Å²) in [5.74, 6) is 1.31. The number of hydrogen-bond donors (Lipinski definition) is 0. The average Bonchev–Trinajstić information content (AvgIpc) is 2.94. The number of hydrogen-bond acceptors (Lipinski definition) is 4. The third-order valence-electron chi connectivity index (χ3n) is 3.74. The molecule has 1 saturated heterocycles. The lowest BCUT2D eigenvalue weighted by molar-refractivity contribution is 0.0224. The number of rotatable bonds is 3. The number of methoxy groups -OCH3 is 2. The van der Waals surface area contributed by atoms with E-state index in [1.807, 2.05) is 32.9 Å². The Labute approximate surface area is 146 Å². The van der Waals surface area contributed by atoms with Crippen molar-refractivity contribution in [2.75, 3.05) is 20.8 Å². The molecule has 0 aliphatic carbocycles. The van der Waals surface area contributed by atoms with Crippen LogP contribution >= 0.6 is 15.9 Å². The molecule has 0 aromatic heterocycles. The van der Waals surface area contributed by atoms with Gasteiger partial charge in [0.25, 0.3) is 0 Å². The second-order valence-electron chi connectivity index (χ2n) is 6.56. The van der Waals surface area contributed by atoms with Crippen LogP contribution in [-0.2, 0) is 4.74 Å². The van der Waals surface area contributed by atoms with E-state index in [1.165, 1.54) is 0 Å². The van der Waals surface area contributed by atoms with Crippen molar-refractivity contribution in [2.24, 2.45) is 0 Å². The summed E-state index contributed by atoms with van der Waals surface area (Å²) in [6.07, 6.45) is 1.57. The third-order valence-corrected chi connectivity index (χ3v) is 4.43. The van der Waals surface area contributed by atoms with E-state index in [0.717, 1.165) is 22.9 Å². The molecular formula is C17H24BrNO4. The van der Waals surface area contributed by atoms with Gasteiger partial charge in [-0.3, -0.25) is 0 Å². The highest BCUT2D eigenvalue weighted by molar-refractivity contribution is 9.10. The van der Waals surface area contributed by atoms with Crippen molar-refractivity contribution in [2.45, 2.75) is 45.3 Å². The molecule has 128 valence electrons. The van der Waals surface area contributed by atoms with Gasteiger partial charge in [0, 0.05) is 11.0 Å². The van der Waals surface area contributed by atoms with Crippen molar-refractivity contribution in [3.05, 3.63) is 22.2 Å². The fraction of sp³-hybridized carbons (Fsp3) is 0.588. The Morgan fingerprint density at radius 2 is 1.83 bits per heavy atom. The Balaban J connectivity index is 2.31. The molecule has 1 amide bonds. The lowest BCUT2D eigenvalue weighted by Crippen LogP contribution is -2.36. The van der Waals surface area contributed by atoms with Crippen molar-refractivity contribution in [1.82, 2.24) is 4.90 Å². The Kier molecular flexibility index (Phi) is 5.45. The molecule has 0 N–H and O–H groups in total. The number of halogens is 1. The molecule has 1 aromatic rings. The highest BCUT2D eigenvalue weighted by atomic mass is 79.9. The van der Waals surface area contributed by atoms with E-state index >= 15 is 0 Å². The molecule has 1 aliphatic rings. The molecule has 0 bridgehead atoms. The van der Waals surface area contributed by atoms with E-state index < -0.39 is 5.60 Å². The molecule has 2 rings (SSSR count). The first-order chi connectivity index (χ1) is 10.8. The number of likely N-dealkylation sites (tertiary alicyclic amines) is 1. The fourth-order valence-electron chi connectivity index (χ4n) is 2.75. The highest BCUT2D eigenvalue weighted by Gasteiger charge is 2.34. The van der Waals surface area contributed by atoms with Crippen molar-refractivity contribution in [3.63, 3.8) is 0 Å². The van der Waals surface area contributed by atoms with E-state index in [9.17, 15) is 4.79 Å². The van der Waals surface area contributed by atoms with Gasteiger partial charge in [-0.1, -0.05) is 15.9 Å². The molecule has 1 atom stereocenters. The number of carbonyl (C=O) groups is 1. The summed E-state index contributed by atoms with van der Waals surface area (Å²) in [5.41, 5.74) is 0.505. The van der Waals surface area contributed by atoms with Gasteiger partial charge < -0.3 is 19.1 Å². The van der Waals surface area contributed by atoms with Crippen molar-refractivity contribution in [1.29, 1.82) is 0 Å². The number of benzene rings is 1. The molecule has 5 nitrogen and oxygen atoms in total. The van der Waals surface area contributed by atoms with Gasteiger partial charge in [-0.05, 0) is 51.3 Å². The highest BCUT2D eigenvalue weighted by Crippen LogP contribution is 2.41. The van der Waals surface area contributed by atoms with Gasteiger partial charge in [0.1, 0.15) is 5.60 Å². The van der Waals surface area contributed by atoms with Crippen LogP contribution in [0.3, 0.4) is 0 Å². The van der Waals surface area contributed by atoms with Gasteiger partial charge in [0.15, 0.2) is 11.5 Å². The molecule has 0 radical (unpaired) electrons. The minimum Gasteiger partial charge on any atom is -0.493 e. The zero-order valence-electron chi connectivity index (χ0n) is 14.3. The van der Waals surface area contributed by atoms with Crippen LogP contribution in [0, 0.1) is 0 Å². The van der Waals surface area contributed by atoms with Gasteiger partial charge in [-0.25, -0.2) is 4.79 Å². The molecule has 0 spiro atoms. The Morgan fingerprint density at radius 3 is 2.39 bits per heavy atom. The van der Waals surface area contributed by atoms with Gasteiger partial charge in [0.2, 0.25) is 0 Å². The monoisotopic (exact) mass is 385 g/mol. The van der Waals surface area contributed by atoms with Crippen LogP contribution in [-0.4, -0.2) is 37.4 Å². The zero-order valence-corrected chi connectivity index (χ0v) is 15.9. The topological polar surface area (TPSA) is 48.0 Å². The summed E-state index contributed by atoms with van der Waals surface area (Å²) < 4.78 is 17.1. The Hall–Kier alpha value is -1.43. The Morgan fingerprint density at radius 1 is 1.22 bits per heavy atom. The van der Waals surface area contributed by atoms with E-state index in [2.05, 4.69) is 15.9 Å². The maximum atomic E-state index is 12.5. The predicted molar refractivity (Wildman–Crippen MR) is 92.2 cm³/mol. The smallest absolute Gasteiger partial charge is 0.410 e. The molecule has 0 saturated carbocycles. The molecule has 23 heavy (non-hydrogen) atoms. The van der Waals surface area contributed by atoms with Crippen LogP contribution < -0.4 is 9.47 Å². The first-order valence-electron chi connectivity index (χ1n) is 7.68. The molecule has 1 aromatic carbocycles. The van der Waals surface area contributed by atoms with Gasteiger partial charge in [0.05, 0.1) is 20.3 Å². The summed E-state index contributed by atoms with van der Waals surface area (Å²) in [4.78, 5) is 14.3. The Bertz CT molecular complexity index is 583. The number of nitrogens with zero attached hydrogens (tertiary/aromatic N) is 1. The zero-order chi connectivity index (χ0) is 17.2.